The van der Waals surface area contributed by atoms with Crippen molar-refractivity contribution in [2.75, 3.05) is 32.8 Å². The van der Waals surface area contributed by atoms with Gasteiger partial charge in [-0.05, 0) is 43.7 Å². The molecule has 0 aromatic heterocycles. The summed E-state index contributed by atoms with van der Waals surface area (Å²) in [6.07, 6.45) is 3.45. The molecule has 1 aromatic rings. The van der Waals surface area contributed by atoms with E-state index in [1.807, 2.05) is 40.1 Å². The number of likely N-dealkylation sites (tertiary alicyclic amines) is 2. The van der Waals surface area contributed by atoms with E-state index in [-0.39, 0.29) is 30.3 Å². The monoisotopic (exact) mass is 330 g/mol. The lowest BCUT2D eigenvalue weighted by Gasteiger charge is -2.37. The summed E-state index contributed by atoms with van der Waals surface area (Å²) in [5.41, 5.74) is 0.712. The Morgan fingerprint density at radius 3 is 2.38 bits per heavy atom. The molecule has 5 nitrogen and oxygen atoms in total. The van der Waals surface area contributed by atoms with Crippen LogP contribution in [0.1, 0.15) is 36.0 Å². The molecular formula is C19H26N2O3. The molecule has 1 aromatic carbocycles. The highest BCUT2D eigenvalue weighted by molar-refractivity contribution is 5.94. The Bertz CT molecular complexity index is 567. The van der Waals surface area contributed by atoms with Gasteiger partial charge in [0.05, 0.1) is 0 Å². The third kappa shape index (κ3) is 3.78. The topological polar surface area (TPSA) is 60.9 Å². The highest BCUT2D eigenvalue weighted by Gasteiger charge is 2.32. The van der Waals surface area contributed by atoms with Crippen LogP contribution in [0.25, 0.3) is 0 Å². The molecule has 24 heavy (non-hydrogen) atoms. The third-order valence-electron chi connectivity index (χ3n) is 5.24. The van der Waals surface area contributed by atoms with Crippen molar-refractivity contribution in [3.63, 3.8) is 0 Å². The average molecular weight is 330 g/mol. The fraction of sp³-hybridized carbons (Fsp3) is 0.579. The van der Waals surface area contributed by atoms with Crippen molar-refractivity contribution in [1.29, 1.82) is 0 Å². The molecule has 2 fully saturated rings. The first-order chi connectivity index (χ1) is 11.7. The van der Waals surface area contributed by atoms with Crippen LogP contribution < -0.4 is 0 Å². The lowest BCUT2D eigenvalue weighted by Crippen LogP contribution is -2.47. The minimum absolute atomic E-state index is 0.0160. The molecule has 2 aliphatic heterocycles. The second-order valence-corrected chi connectivity index (χ2v) is 6.91. The molecule has 0 bridgehead atoms. The van der Waals surface area contributed by atoms with E-state index in [0.29, 0.717) is 25.2 Å². The molecule has 1 atom stereocenters. The molecule has 0 spiro atoms. The van der Waals surface area contributed by atoms with Gasteiger partial charge >= 0.3 is 0 Å². The first-order valence-corrected chi connectivity index (χ1v) is 8.93. The number of hydrogen-bond acceptors (Lipinski definition) is 3. The van der Waals surface area contributed by atoms with Crippen LogP contribution in [0, 0.1) is 11.8 Å². The van der Waals surface area contributed by atoms with Gasteiger partial charge in [-0.2, -0.15) is 0 Å². The Morgan fingerprint density at radius 1 is 1.00 bits per heavy atom. The van der Waals surface area contributed by atoms with Gasteiger partial charge in [0, 0.05) is 44.3 Å². The molecular weight excluding hydrogens is 304 g/mol. The highest BCUT2D eigenvalue weighted by atomic mass is 16.3. The molecule has 0 saturated carbocycles. The Morgan fingerprint density at radius 2 is 1.71 bits per heavy atom. The van der Waals surface area contributed by atoms with E-state index in [1.54, 1.807) is 0 Å². The number of carbonyl (C=O) groups is 2. The summed E-state index contributed by atoms with van der Waals surface area (Å²) in [5, 5.41) is 9.32. The fourth-order valence-corrected chi connectivity index (χ4v) is 3.77. The number of piperidine rings is 2. The molecule has 1 N–H and O–H groups in total. The number of nitrogens with zero attached hydrogens (tertiary/aromatic N) is 2. The maximum Gasteiger partial charge on any atom is 0.253 e. The molecule has 2 aliphatic rings. The van der Waals surface area contributed by atoms with Crippen LogP contribution in [0.15, 0.2) is 30.3 Å². The summed E-state index contributed by atoms with van der Waals surface area (Å²) in [4.78, 5) is 28.9. The maximum absolute atomic E-state index is 12.7. The predicted octanol–water partition coefficient (Wildman–Crippen LogP) is 1.77. The Balaban J connectivity index is 1.53. The summed E-state index contributed by atoms with van der Waals surface area (Å²) in [7, 11) is 0. The van der Waals surface area contributed by atoms with E-state index in [1.165, 1.54) is 0 Å². The molecule has 3 rings (SSSR count). The van der Waals surface area contributed by atoms with Gasteiger partial charge in [0.2, 0.25) is 5.91 Å². The number of aliphatic hydroxyl groups excluding tert-OH is 1. The number of rotatable bonds is 3. The van der Waals surface area contributed by atoms with Gasteiger partial charge in [0.25, 0.3) is 5.91 Å². The van der Waals surface area contributed by atoms with Crippen LogP contribution in [-0.4, -0.2) is 59.5 Å². The lowest BCUT2D eigenvalue weighted by atomic mass is 9.92. The Hall–Kier alpha value is -1.88. The Kier molecular flexibility index (Phi) is 5.51. The molecule has 2 heterocycles. The summed E-state index contributed by atoms with van der Waals surface area (Å²) in [6.45, 7) is 2.92. The van der Waals surface area contributed by atoms with Gasteiger partial charge in [-0.25, -0.2) is 0 Å². The van der Waals surface area contributed by atoms with Crippen LogP contribution in [0.2, 0.25) is 0 Å². The van der Waals surface area contributed by atoms with E-state index in [4.69, 9.17) is 0 Å². The smallest absolute Gasteiger partial charge is 0.253 e. The van der Waals surface area contributed by atoms with Crippen molar-refractivity contribution < 1.29 is 14.7 Å². The van der Waals surface area contributed by atoms with E-state index >= 15 is 0 Å². The quantitative estimate of drug-likeness (QED) is 0.919. The second kappa shape index (κ2) is 7.79. The van der Waals surface area contributed by atoms with Gasteiger partial charge < -0.3 is 14.9 Å². The fourth-order valence-electron chi connectivity index (χ4n) is 3.77. The van der Waals surface area contributed by atoms with Crippen molar-refractivity contribution in [2.24, 2.45) is 11.8 Å². The van der Waals surface area contributed by atoms with Gasteiger partial charge in [0.1, 0.15) is 0 Å². The van der Waals surface area contributed by atoms with Crippen molar-refractivity contribution in [1.82, 2.24) is 9.80 Å². The third-order valence-corrected chi connectivity index (χ3v) is 5.24. The van der Waals surface area contributed by atoms with Crippen molar-refractivity contribution in [2.45, 2.75) is 25.7 Å². The number of carbonyl (C=O) groups excluding carboxylic acids is 2. The summed E-state index contributed by atoms with van der Waals surface area (Å²) in [5.74, 6) is 0.504. The minimum atomic E-state index is 0.0160. The number of benzene rings is 1. The highest BCUT2D eigenvalue weighted by Crippen LogP contribution is 2.24. The summed E-state index contributed by atoms with van der Waals surface area (Å²) < 4.78 is 0. The first-order valence-electron chi connectivity index (χ1n) is 8.93. The zero-order chi connectivity index (χ0) is 16.9. The standard InChI is InChI=1S/C19H26N2O3/c22-14-15-5-4-10-21(13-15)19(24)17-8-11-20(12-9-17)18(23)16-6-2-1-3-7-16/h1-3,6-7,15,17,22H,4-5,8-14H2. The minimum Gasteiger partial charge on any atom is -0.396 e. The summed E-state index contributed by atoms with van der Waals surface area (Å²) >= 11 is 0. The molecule has 130 valence electrons. The first kappa shape index (κ1) is 17.0. The van der Waals surface area contributed by atoms with E-state index in [2.05, 4.69) is 0 Å². The van der Waals surface area contributed by atoms with Gasteiger partial charge in [-0.3, -0.25) is 9.59 Å². The number of amides is 2. The normalized spacial score (nSPS) is 22.5. The van der Waals surface area contributed by atoms with Gasteiger partial charge in [0.15, 0.2) is 0 Å². The van der Waals surface area contributed by atoms with Gasteiger partial charge in [-0.15, -0.1) is 0 Å². The zero-order valence-electron chi connectivity index (χ0n) is 14.1. The molecule has 1 unspecified atom stereocenters. The van der Waals surface area contributed by atoms with Crippen molar-refractivity contribution in [3.05, 3.63) is 35.9 Å². The molecule has 2 saturated heterocycles. The lowest BCUT2D eigenvalue weighted by molar-refractivity contribution is -0.139. The van der Waals surface area contributed by atoms with Crippen LogP contribution in [-0.2, 0) is 4.79 Å². The van der Waals surface area contributed by atoms with Crippen LogP contribution >= 0.6 is 0 Å². The second-order valence-electron chi connectivity index (χ2n) is 6.91. The molecule has 0 aliphatic carbocycles. The molecule has 5 heteroatoms. The predicted molar refractivity (Wildman–Crippen MR) is 91.5 cm³/mol. The SMILES string of the molecule is O=C(c1ccccc1)N1CCC(C(=O)N2CCCC(CO)C2)CC1. The zero-order valence-corrected chi connectivity index (χ0v) is 14.1. The maximum atomic E-state index is 12.7. The molecule has 2 amide bonds. The van der Waals surface area contributed by atoms with Crippen LogP contribution in [0.5, 0.6) is 0 Å². The van der Waals surface area contributed by atoms with E-state index < -0.39 is 0 Å². The number of aliphatic hydroxyl groups is 1. The average Bonchev–Trinajstić information content (AvgIpc) is 2.67. The van der Waals surface area contributed by atoms with Gasteiger partial charge in [-0.1, -0.05) is 18.2 Å². The van der Waals surface area contributed by atoms with Crippen LogP contribution in [0.3, 0.4) is 0 Å². The summed E-state index contributed by atoms with van der Waals surface area (Å²) in [6, 6.07) is 9.32. The largest absolute Gasteiger partial charge is 0.396 e. The van der Waals surface area contributed by atoms with Crippen molar-refractivity contribution in [3.8, 4) is 0 Å². The van der Waals surface area contributed by atoms with Crippen LogP contribution in [0.4, 0.5) is 0 Å². The van der Waals surface area contributed by atoms with E-state index in [0.717, 1.165) is 32.2 Å². The Labute approximate surface area is 143 Å². The van der Waals surface area contributed by atoms with Crippen molar-refractivity contribution >= 4 is 11.8 Å². The number of hydrogen-bond donors (Lipinski definition) is 1. The molecule has 0 radical (unpaired) electrons. The van der Waals surface area contributed by atoms with E-state index in [9.17, 15) is 14.7 Å².